The van der Waals surface area contributed by atoms with Gasteiger partial charge >= 0.3 is 5.97 Å². The summed E-state index contributed by atoms with van der Waals surface area (Å²) >= 11 is 0. The molecule has 7 heteroatoms. The van der Waals surface area contributed by atoms with Crippen molar-refractivity contribution in [1.82, 2.24) is 9.88 Å². The largest absolute Gasteiger partial charge is 0.462 e. The molecule has 28 heavy (non-hydrogen) atoms. The molecule has 0 amide bonds. The number of hydrogen-bond acceptors (Lipinski definition) is 5. The standard InChI is InChI=1S/C21H24FN3O3/c1-2-28-21(27)16-11-25(12-5-6-12)18-14(20(16)26)8-17(22)19-15(18)10-23-9-13-4-3-7-24(13)19/h8,11-13,23H,2-7,9-10H2,1H3. The summed E-state index contributed by atoms with van der Waals surface area (Å²) < 4.78 is 22.4. The van der Waals surface area contributed by atoms with E-state index in [0.717, 1.165) is 49.9 Å². The lowest BCUT2D eigenvalue weighted by Gasteiger charge is -2.27. The quantitative estimate of drug-likeness (QED) is 0.823. The molecule has 1 saturated heterocycles. The number of nitrogens with one attached hydrogen (secondary N) is 1. The molecule has 2 aliphatic heterocycles. The van der Waals surface area contributed by atoms with Crippen LogP contribution in [0.2, 0.25) is 0 Å². The molecule has 5 rings (SSSR count). The van der Waals surface area contributed by atoms with Crippen LogP contribution >= 0.6 is 0 Å². The highest BCUT2D eigenvalue weighted by Crippen LogP contribution is 2.42. The third kappa shape index (κ3) is 2.64. The van der Waals surface area contributed by atoms with E-state index in [1.54, 1.807) is 13.1 Å². The predicted molar refractivity (Wildman–Crippen MR) is 104 cm³/mol. The second-order valence-corrected chi connectivity index (χ2v) is 7.93. The Hall–Kier alpha value is -2.41. The summed E-state index contributed by atoms with van der Waals surface area (Å²) in [7, 11) is 0. The van der Waals surface area contributed by atoms with Crippen molar-refractivity contribution >= 4 is 22.6 Å². The van der Waals surface area contributed by atoms with E-state index >= 15 is 4.39 Å². The first-order valence-electron chi connectivity index (χ1n) is 10.1. The maximum Gasteiger partial charge on any atom is 0.343 e. The van der Waals surface area contributed by atoms with Crippen LogP contribution in [0, 0.1) is 5.82 Å². The molecule has 0 bridgehead atoms. The third-order valence-electron chi connectivity index (χ3n) is 6.12. The van der Waals surface area contributed by atoms with E-state index in [1.165, 1.54) is 6.07 Å². The maximum atomic E-state index is 15.3. The highest BCUT2D eigenvalue weighted by Gasteiger charge is 2.35. The molecule has 1 aromatic heterocycles. The van der Waals surface area contributed by atoms with Gasteiger partial charge < -0.3 is 19.5 Å². The minimum Gasteiger partial charge on any atom is -0.462 e. The van der Waals surface area contributed by atoms with E-state index in [4.69, 9.17) is 4.74 Å². The van der Waals surface area contributed by atoms with Crippen LogP contribution in [0.1, 0.15) is 54.6 Å². The number of carbonyl (C=O) groups excluding carboxylic acids is 1. The molecule has 2 aromatic rings. The van der Waals surface area contributed by atoms with Gasteiger partial charge in [0, 0.05) is 48.9 Å². The van der Waals surface area contributed by atoms with Crippen molar-refractivity contribution in [3.05, 3.63) is 39.4 Å². The first kappa shape index (κ1) is 17.7. The van der Waals surface area contributed by atoms with E-state index < -0.39 is 11.4 Å². The maximum absolute atomic E-state index is 15.3. The van der Waals surface area contributed by atoms with Crippen molar-refractivity contribution in [2.75, 3.05) is 24.6 Å². The van der Waals surface area contributed by atoms with Crippen LogP contribution in [0.3, 0.4) is 0 Å². The topological polar surface area (TPSA) is 63.6 Å². The van der Waals surface area contributed by atoms with Crippen molar-refractivity contribution in [1.29, 1.82) is 0 Å². The number of hydrogen-bond donors (Lipinski definition) is 1. The number of benzene rings is 1. The summed E-state index contributed by atoms with van der Waals surface area (Å²) in [5.74, 6) is -1.02. The molecule has 1 aliphatic carbocycles. The second-order valence-electron chi connectivity index (χ2n) is 7.93. The summed E-state index contributed by atoms with van der Waals surface area (Å²) in [6, 6.07) is 1.86. The molecule has 1 unspecified atom stereocenters. The Balaban J connectivity index is 1.81. The Labute approximate surface area is 162 Å². The zero-order valence-electron chi connectivity index (χ0n) is 16.0. The van der Waals surface area contributed by atoms with E-state index in [-0.39, 0.29) is 35.5 Å². The van der Waals surface area contributed by atoms with Crippen LogP contribution in [0.25, 0.3) is 10.9 Å². The molecule has 3 heterocycles. The van der Waals surface area contributed by atoms with Gasteiger partial charge in [-0.1, -0.05) is 0 Å². The lowest BCUT2D eigenvalue weighted by atomic mass is 10.0. The molecule has 1 aromatic carbocycles. The second kappa shape index (κ2) is 6.58. The van der Waals surface area contributed by atoms with E-state index in [2.05, 4.69) is 10.2 Å². The van der Waals surface area contributed by atoms with Gasteiger partial charge in [-0.05, 0) is 38.7 Å². The fourth-order valence-electron chi connectivity index (χ4n) is 4.74. The minimum absolute atomic E-state index is 0.0127. The Kier molecular flexibility index (Phi) is 4.16. The number of anilines is 1. The fraction of sp³-hybridized carbons (Fsp3) is 0.524. The molecule has 148 valence electrons. The van der Waals surface area contributed by atoms with Crippen LogP contribution in [-0.4, -0.2) is 36.3 Å². The summed E-state index contributed by atoms with van der Waals surface area (Å²) in [4.78, 5) is 27.6. The molecule has 0 radical (unpaired) electrons. The van der Waals surface area contributed by atoms with Gasteiger partial charge in [-0.15, -0.1) is 0 Å². The smallest absolute Gasteiger partial charge is 0.343 e. The zero-order chi connectivity index (χ0) is 19.4. The van der Waals surface area contributed by atoms with E-state index in [0.29, 0.717) is 12.2 Å². The van der Waals surface area contributed by atoms with E-state index in [9.17, 15) is 9.59 Å². The third-order valence-corrected chi connectivity index (χ3v) is 6.12. The number of aromatic nitrogens is 1. The minimum atomic E-state index is -0.642. The van der Waals surface area contributed by atoms with Gasteiger partial charge in [-0.3, -0.25) is 4.79 Å². The molecule has 2 fully saturated rings. The first-order chi connectivity index (χ1) is 13.6. The summed E-state index contributed by atoms with van der Waals surface area (Å²) in [6.07, 6.45) is 5.70. The van der Waals surface area contributed by atoms with Crippen LogP contribution < -0.4 is 15.6 Å². The predicted octanol–water partition coefficient (Wildman–Crippen LogP) is 2.72. The molecule has 1 atom stereocenters. The Morgan fingerprint density at radius 2 is 2.14 bits per heavy atom. The Bertz CT molecular complexity index is 1030. The normalized spacial score (nSPS) is 21.4. The molecule has 1 N–H and O–H groups in total. The van der Waals surface area contributed by atoms with Gasteiger partial charge in [0.25, 0.3) is 0 Å². The van der Waals surface area contributed by atoms with Gasteiger partial charge in [-0.2, -0.15) is 0 Å². The highest BCUT2D eigenvalue weighted by atomic mass is 19.1. The number of carbonyl (C=O) groups is 1. The average Bonchev–Trinajstić information content (AvgIpc) is 3.45. The number of halogens is 1. The Morgan fingerprint density at radius 3 is 2.89 bits per heavy atom. The van der Waals surface area contributed by atoms with Crippen molar-refractivity contribution in [3.8, 4) is 0 Å². The monoisotopic (exact) mass is 385 g/mol. The SMILES string of the molecule is CCOC(=O)c1cn(C2CC2)c2c3c(c(F)cc2c1=O)N1CCCC1CNC3. The zero-order valence-corrected chi connectivity index (χ0v) is 16.0. The van der Waals surface area contributed by atoms with Crippen LogP contribution in [0.15, 0.2) is 17.1 Å². The number of rotatable bonds is 3. The number of fused-ring (bicyclic) bond motifs is 5. The number of ether oxygens (including phenoxy) is 1. The first-order valence-corrected chi connectivity index (χ1v) is 10.1. The van der Waals surface area contributed by atoms with Gasteiger partial charge in [0.1, 0.15) is 11.4 Å². The van der Waals surface area contributed by atoms with Gasteiger partial charge in [0.2, 0.25) is 5.43 Å². The molecular formula is C21H24FN3O3. The average molecular weight is 385 g/mol. The van der Waals surface area contributed by atoms with Crippen molar-refractivity contribution in [2.45, 2.75) is 51.2 Å². The van der Waals surface area contributed by atoms with Crippen molar-refractivity contribution < 1.29 is 13.9 Å². The number of nitrogens with zero attached hydrogens (tertiary/aromatic N) is 2. The molecule has 3 aliphatic rings. The highest BCUT2D eigenvalue weighted by molar-refractivity contribution is 5.96. The summed E-state index contributed by atoms with van der Waals surface area (Å²) in [5.41, 5.74) is 1.75. The van der Waals surface area contributed by atoms with Crippen molar-refractivity contribution in [2.24, 2.45) is 0 Å². The summed E-state index contributed by atoms with van der Waals surface area (Å²) in [5, 5.41) is 3.71. The van der Waals surface area contributed by atoms with Gasteiger partial charge in [0.05, 0.1) is 17.8 Å². The fourth-order valence-corrected chi connectivity index (χ4v) is 4.74. The molecule has 0 spiro atoms. The molecule has 1 saturated carbocycles. The number of esters is 1. The molecular weight excluding hydrogens is 361 g/mol. The van der Waals surface area contributed by atoms with Crippen molar-refractivity contribution in [3.63, 3.8) is 0 Å². The summed E-state index contributed by atoms with van der Waals surface area (Å²) in [6.45, 7) is 4.05. The lowest BCUT2D eigenvalue weighted by Crippen LogP contribution is -2.35. The lowest BCUT2D eigenvalue weighted by molar-refractivity contribution is 0.0524. The van der Waals surface area contributed by atoms with E-state index in [1.807, 2.05) is 4.57 Å². The van der Waals surface area contributed by atoms with Crippen LogP contribution in [0.4, 0.5) is 10.1 Å². The van der Waals surface area contributed by atoms with Gasteiger partial charge in [-0.25, -0.2) is 9.18 Å². The van der Waals surface area contributed by atoms with Crippen LogP contribution in [-0.2, 0) is 11.3 Å². The van der Waals surface area contributed by atoms with Gasteiger partial charge in [0.15, 0.2) is 0 Å². The number of pyridine rings is 1. The Morgan fingerprint density at radius 1 is 1.32 bits per heavy atom. The molecule has 6 nitrogen and oxygen atoms in total. The van der Waals surface area contributed by atoms with Crippen LogP contribution in [0.5, 0.6) is 0 Å².